The van der Waals surface area contributed by atoms with Crippen LogP contribution in [0.3, 0.4) is 0 Å². The Labute approximate surface area is 172 Å². The SMILES string of the molecule is NC(=O)[C@@H](Cc1ccc(Cl)cc1)NC(=O)Cc1cc(C(F)(F)F)cc(C(F)(F)F)c1. The van der Waals surface area contributed by atoms with Gasteiger partial charge in [-0.05, 0) is 41.5 Å². The van der Waals surface area contributed by atoms with Crippen LogP contribution in [-0.2, 0) is 34.8 Å². The van der Waals surface area contributed by atoms with Crippen molar-refractivity contribution < 1.29 is 35.9 Å². The molecule has 0 aromatic heterocycles. The smallest absolute Gasteiger partial charge is 0.368 e. The molecule has 30 heavy (non-hydrogen) atoms. The zero-order chi connectivity index (χ0) is 22.7. The Morgan fingerprint density at radius 2 is 1.40 bits per heavy atom. The number of carbonyl (C=O) groups is 2. The fraction of sp³-hybridized carbons (Fsp3) is 0.263. The minimum atomic E-state index is -5.03. The van der Waals surface area contributed by atoms with Crippen LogP contribution in [0.5, 0.6) is 0 Å². The van der Waals surface area contributed by atoms with Gasteiger partial charge < -0.3 is 11.1 Å². The maximum Gasteiger partial charge on any atom is 0.416 e. The van der Waals surface area contributed by atoms with Crippen molar-refractivity contribution in [2.75, 3.05) is 0 Å². The van der Waals surface area contributed by atoms with Gasteiger partial charge in [0.15, 0.2) is 0 Å². The summed E-state index contributed by atoms with van der Waals surface area (Å²) in [4.78, 5) is 23.8. The summed E-state index contributed by atoms with van der Waals surface area (Å²) in [6.45, 7) is 0. The number of carbonyl (C=O) groups excluding carboxylic acids is 2. The predicted octanol–water partition coefficient (Wildman–Crippen LogP) is 4.13. The lowest BCUT2D eigenvalue weighted by Crippen LogP contribution is -2.46. The number of nitrogens with one attached hydrogen (secondary N) is 1. The van der Waals surface area contributed by atoms with Crippen molar-refractivity contribution >= 4 is 23.4 Å². The van der Waals surface area contributed by atoms with Gasteiger partial charge in [0.2, 0.25) is 11.8 Å². The third-order valence-corrected chi connectivity index (χ3v) is 4.30. The Hall–Kier alpha value is -2.75. The number of alkyl halides is 6. The van der Waals surface area contributed by atoms with Crippen molar-refractivity contribution in [3.05, 3.63) is 69.7 Å². The molecule has 2 amide bonds. The van der Waals surface area contributed by atoms with Gasteiger partial charge in [0, 0.05) is 11.4 Å². The predicted molar refractivity (Wildman–Crippen MR) is 96.4 cm³/mol. The van der Waals surface area contributed by atoms with E-state index >= 15 is 0 Å². The minimum absolute atomic E-state index is 0.0331. The van der Waals surface area contributed by atoms with Crippen LogP contribution >= 0.6 is 11.6 Å². The Morgan fingerprint density at radius 3 is 1.83 bits per heavy atom. The van der Waals surface area contributed by atoms with Crippen molar-refractivity contribution in [2.24, 2.45) is 5.73 Å². The van der Waals surface area contributed by atoms with Gasteiger partial charge in [-0.25, -0.2) is 0 Å². The van der Waals surface area contributed by atoms with E-state index in [4.69, 9.17) is 17.3 Å². The van der Waals surface area contributed by atoms with Gasteiger partial charge >= 0.3 is 12.4 Å². The lowest BCUT2D eigenvalue weighted by molar-refractivity contribution is -0.143. The second-order valence-corrected chi connectivity index (χ2v) is 6.88. The maximum absolute atomic E-state index is 12.9. The Bertz CT molecular complexity index is 894. The van der Waals surface area contributed by atoms with Gasteiger partial charge in [0.05, 0.1) is 17.5 Å². The number of primary amides is 1. The van der Waals surface area contributed by atoms with E-state index in [-0.39, 0.29) is 12.5 Å². The van der Waals surface area contributed by atoms with Gasteiger partial charge in [-0.15, -0.1) is 0 Å². The summed E-state index contributed by atoms with van der Waals surface area (Å²) in [5, 5.41) is 2.67. The number of nitrogens with two attached hydrogens (primary N) is 1. The highest BCUT2D eigenvalue weighted by Crippen LogP contribution is 2.36. The van der Waals surface area contributed by atoms with E-state index in [1.54, 1.807) is 12.1 Å². The van der Waals surface area contributed by atoms with Crippen LogP contribution in [0.1, 0.15) is 22.3 Å². The molecule has 0 aliphatic heterocycles. The van der Waals surface area contributed by atoms with Crippen LogP contribution in [0.2, 0.25) is 5.02 Å². The quantitative estimate of drug-likeness (QED) is 0.647. The molecular formula is C19H15ClF6N2O2. The summed E-state index contributed by atoms with van der Waals surface area (Å²) in [5.41, 5.74) is 2.25. The number of amides is 2. The summed E-state index contributed by atoms with van der Waals surface area (Å²) >= 11 is 5.75. The summed E-state index contributed by atoms with van der Waals surface area (Å²) in [7, 11) is 0. The minimum Gasteiger partial charge on any atom is -0.368 e. The standard InChI is InChI=1S/C19H15ClF6N2O2/c20-14-3-1-10(2-4-14)7-15(17(27)30)28-16(29)8-11-5-12(18(21,22)23)9-13(6-11)19(24,25)26/h1-6,9,15H,7-8H2,(H2,27,30)(H,28,29)/t15-/m1/s1. The molecule has 0 radical (unpaired) electrons. The lowest BCUT2D eigenvalue weighted by Gasteiger charge is -2.17. The van der Waals surface area contributed by atoms with Crippen LogP contribution in [0.25, 0.3) is 0 Å². The molecule has 1 atom stereocenters. The highest BCUT2D eigenvalue weighted by molar-refractivity contribution is 6.30. The van der Waals surface area contributed by atoms with Gasteiger partial charge in [0.25, 0.3) is 0 Å². The molecule has 2 aromatic carbocycles. The van der Waals surface area contributed by atoms with Crippen molar-refractivity contribution in [2.45, 2.75) is 31.2 Å². The van der Waals surface area contributed by atoms with Crippen LogP contribution in [0.4, 0.5) is 26.3 Å². The molecule has 0 heterocycles. The topological polar surface area (TPSA) is 72.2 Å². The first kappa shape index (κ1) is 23.5. The number of benzene rings is 2. The van der Waals surface area contributed by atoms with Crippen LogP contribution in [0.15, 0.2) is 42.5 Å². The molecule has 0 spiro atoms. The van der Waals surface area contributed by atoms with Crippen LogP contribution in [-0.4, -0.2) is 17.9 Å². The molecule has 0 unspecified atom stereocenters. The molecular weight excluding hydrogens is 438 g/mol. The zero-order valence-electron chi connectivity index (χ0n) is 15.1. The average Bonchev–Trinajstić information content (AvgIpc) is 2.61. The molecule has 2 rings (SSSR count). The first-order valence-corrected chi connectivity index (χ1v) is 8.75. The van der Waals surface area contributed by atoms with Gasteiger partial charge in [-0.3, -0.25) is 9.59 Å². The number of halogens is 7. The highest BCUT2D eigenvalue weighted by atomic mass is 35.5. The average molecular weight is 453 g/mol. The molecule has 3 N–H and O–H groups in total. The highest BCUT2D eigenvalue weighted by Gasteiger charge is 2.37. The van der Waals surface area contributed by atoms with Crippen molar-refractivity contribution in [3.63, 3.8) is 0 Å². The lowest BCUT2D eigenvalue weighted by atomic mass is 10.0. The first-order valence-electron chi connectivity index (χ1n) is 8.37. The van der Waals surface area contributed by atoms with Gasteiger partial charge in [-0.2, -0.15) is 26.3 Å². The Morgan fingerprint density at radius 1 is 0.900 bits per heavy atom. The largest absolute Gasteiger partial charge is 0.416 e. The summed E-state index contributed by atoms with van der Waals surface area (Å²) in [6, 6.07) is 5.89. The fourth-order valence-electron chi connectivity index (χ4n) is 2.63. The van der Waals surface area contributed by atoms with E-state index in [9.17, 15) is 35.9 Å². The number of rotatable bonds is 6. The van der Waals surface area contributed by atoms with Crippen LogP contribution in [0, 0.1) is 0 Å². The Balaban J connectivity index is 2.20. The number of hydrogen-bond donors (Lipinski definition) is 2. The maximum atomic E-state index is 12.9. The van der Waals surface area contributed by atoms with E-state index in [1.165, 1.54) is 12.1 Å². The molecule has 4 nitrogen and oxygen atoms in total. The summed E-state index contributed by atoms with van der Waals surface area (Å²) in [6.07, 6.45) is -10.9. The molecule has 0 aliphatic carbocycles. The van der Waals surface area contributed by atoms with E-state index < -0.39 is 53.3 Å². The molecule has 0 saturated carbocycles. The fourth-order valence-corrected chi connectivity index (χ4v) is 2.76. The monoisotopic (exact) mass is 452 g/mol. The van der Waals surface area contributed by atoms with E-state index in [0.29, 0.717) is 22.7 Å². The normalized spacial score (nSPS) is 13.0. The summed E-state index contributed by atoms with van der Waals surface area (Å²) in [5.74, 6) is -1.88. The van der Waals surface area contributed by atoms with E-state index in [2.05, 4.69) is 5.32 Å². The molecule has 162 valence electrons. The summed E-state index contributed by atoms with van der Waals surface area (Å²) < 4.78 is 77.5. The molecule has 0 bridgehead atoms. The Kier molecular flexibility index (Phi) is 7.02. The molecule has 0 fully saturated rings. The molecule has 0 saturated heterocycles. The second-order valence-electron chi connectivity index (χ2n) is 6.44. The first-order chi connectivity index (χ1) is 13.8. The second kappa shape index (κ2) is 8.95. The van der Waals surface area contributed by atoms with Gasteiger partial charge in [0.1, 0.15) is 6.04 Å². The van der Waals surface area contributed by atoms with Crippen molar-refractivity contribution in [1.29, 1.82) is 0 Å². The van der Waals surface area contributed by atoms with E-state index in [1.807, 2.05) is 0 Å². The zero-order valence-corrected chi connectivity index (χ0v) is 15.8. The third-order valence-electron chi connectivity index (χ3n) is 4.04. The molecule has 2 aromatic rings. The van der Waals surface area contributed by atoms with Crippen LogP contribution < -0.4 is 11.1 Å². The van der Waals surface area contributed by atoms with Crippen molar-refractivity contribution in [1.82, 2.24) is 5.32 Å². The van der Waals surface area contributed by atoms with E-state index in [0.717, 1.165) is 0 Å². The van der Waals surface area contributed by atoms with Crippen molar-refractivity contribution in [3.8, 4) is 0 Å². The number of hydrogen-bond acceptors (Lipinski definition) is 2. The third kappa shape index (κ3) is 6.65. The van der Waals surface area contributed by atoms with Gasteiger partial charge in [-0.1, -0.05) is 23.7 Å². The molecule has 11 heteroatoms. The molecule has 0 aliphatic rings.